The topological polar surface area (TPSA) is 69.2 Å². The van der Waals surface area contributed by atoms with Gasteiger partial charge in [-0.3, -0.25) is 4.79 Å². The van der Waals surface area contributed by atoms with E-state index in [0.29, 0.717) is 28.9 Å². The number of methoxy groups -OCH3 is 1. The third-order valence-electron chi connectivity index (χ3n) is 4.35. The summed E-state index contributed by atoms with van der Waals surface area (Å²) in [6.45, 7) is 2.18. The molecule has 31 heavy (non-hydrogen) atoms. The fraction of sp³-hybridized carbons (Fsp3) is 0.167. The second-order valence-corrected chi connectivity index (χ2v) is 7.11. The van der Waals surface area contributed by atoms with Crippen molar-refractivity contribution in [2.24, 2.45) is 5.10 Å². The van der Waals surface area contributed by atoms with Gasteiger partial charge in [0.05, 0.1) is 13.3 Å². The van der Waals surface area contributed by atoms with E-state index in [1.165, 1.54) is 6.21 Å². The molecule has 0 aliphatic carbocycles. The van der Waals surface area contributed by atoms with Crippen molar-refractivity contribution < 1.29 is 19.0 Å². The lowest BCUT2D eigenvalue weighted by Crippen LogP contribution is -2.24. The minimum atomic E-state index is -0.352. The standard InChI is InChI=1S/C24H23ClN2O4/c1-17-5-3-4-6-21(17)31-16-24(28)27-26-14-19-9-12-22(23(13-19)29-2)30-15-18-7-10-20(25)11-8-18/h3-14H,15-16H2,1-2H3,(H,27,28)/b26-14+. The summed E-state index contributed by atoms with van der Waals surface area (Å²) >= 11 is 5.90. The van der Waals surface area contributed by atoms with Crippen LogP contribution in [-0.2, 0) is 11.4 Å². The Balaban J connectivity index is 1.52. The average molecular weight is 439 g/mol. The van der Waals surface area contributed by atoms with Crippen LogP contribution in [-0.4, -0.2) is 25.8 Å². The van der Waals surface area contributed by atoms with E-state index in [4.69, 9.17) is 25.8 Å². The Labute approximate surface area is 186 Å². The van der Waals surface area contributed by atoms with Gasteiger partial charge < -0.3 is 14.2 Å². The number of rotatable bonds is 9. The normalized spacial score (nSPS) is 10.7. The number of hydrogen-bond donors (Lipinski definition) is 1. The van der Waals surface area contributed by atoms with E-state index < -0.39 is 0 Å². The molecule has 1 N–H and O–H groups in total. The van der Waals surface area contributed by atoms with E-state index in [2.05, 4.69) is 10.5 Å². The third-order valence-corrected chi connectivity index (χ3v) is 4.60. The van der Waals surface area contributed by atoms with Crippen LogP contribution in [0.1, 0.15) is 16.7 Å². The van der Waals surface area contributed by atoms with Gasteiger partial charge in [0.25, 0.3) is 5.91 Å². The first kappa shape index (κ1) is 22.2. The van der Waals surface area contributed by atoms with E-state index in [0.717, 1.165) is 16.7 Å². The molecule has 0 fully saturated rings. The Morgan fingerprint density at radius 3 is 2.52 bits per heavy atom. The van der Waals surface area contributed by atoms with Crippen molar-refractivity contribution in [2.45, 2.75) is 13.5 Å². The number of aryl methyl sites for hydroxylation is 1. The van der Waals surface area contributed by atoms with Crippen molar-refractivity contribution in [3.63, 3.8) is 0 Å². The maximum atomic E-state index is 11.9. The first-order valence-electron chi connectivity index (χ1n) is 9.61. The molecular weight excluding hydrogens is 416 g/mol. The molecule has 0 saturated heterocycles. The number of benzene rings is 3. The van der Waals surface area contributed by atoms with Crippen molar-refractivity contribution in [2.75, 3.05) is 13.7 Å². The highest BCUT2D eigenvalue weighted by atomic mass is 35.5. The van der Waals surface area contributed by atoms with Crippen LogP contribution in [0, 0.1) is 6.92 Å². The zero-order valence-electron chi connectivity index (χ0n) is 17.3. The van der Waals surface area contributed by atoms with E-state index in [1.807, 2.05) is 61.5 Å². The van der Waals surface area contributed by atoms with Gasteiger partial charge in [0.2, 0.25) is 0 Å². The zero-order valence-corrected chi connectivity index (χ0v) is 18.1. The van der Waals surface area contributed by atoms with Gasteiger partial charge in [0.15, 0.2) is 18.1 Å². The molecule has 1 amide bonds. The van der Waals surface area contributed by atoms with Crippen LogP contribution in [0.5, 0.6) is 17.2 Å². The van der Waals surface area contributed by atoms with Crippen LogP contribution in [0.15, 0.2) is 71.8 Å². The summed E-state index contributed by atoms with van der Waals surface area (Å²) in [4.78, 5) is 11.9. The van der Waals surface area contributed by atoms with Crippen molar-refractivity contribution in [3.05, 3.63) is 88.4 Å². The van der Waals surface area contributed by atoms with Gasteiger partial charge in [-0.05, 0) is 60.0 Å². The molecule has 0 heterocycles. The summed E-state index contributed by atoms with van der Waals surface area (Å²) in [5.41, 5.74) is 5.15. The number of halogens is 1. The molecule has 0 aromatic heterocycles. The number of carbonyl (C=O) groups is 1. The van der Waals surface area contributed by atoms with Crippen molar-refractivity contribution in [3.8, 4) is 17.2 Å². The highest BCUT2D eigenvalue weighted by molar-refractivity contribution is 6.30. The Bertz CT molecular complexity index is 1050. The number of nitrogens with zero attached hydrogens (tertiary/aromatic N) is 1. The molecule has 6 nitrogen and oxygen atoms in total. The van der Waals surface area contributed by atoms with Gasteiger partial charge in [-0.15, -0.1) is 0 Å². The van der Waals surface area contributed by atoms with Gasteiger partial charge in [0, 0.05) is 5.02 Å². The predicted octanol–water partition coefficient (Wildman–Crippen LogP) is 4.77. The maximum absolute atomic E-state index is 11.9. The Morgan fingerprint density at radius 1 is 1.00 bits per heavy atom. The summed E-state index contributed by atoms with van der Waals surface area (Å²) in [7, 11) is 1.57. The SMILES string of the molecule is COc1cc(/C=N/NC(=O)COc2ccccc2C)ccc1OCc1ccc(Cl)cc1. The van der Waals surface area contributed by atoms with Crippen LogP contribution in [0.3, 0.4) is 0 Å². The molecule has 0 aliphatic heterocycles. The molecule has 0 spiro atoms. The van der Waals surface area contributed by atoms with Gasteiger partial charge >= 0.3 is 0 Å². The molecule has 0 radical (unpaired) electrons. The number of ether oxygens (including phenoxy) is 3. The molecule has 3 aromatic carbocycles. The monoisotopic (exact) mass is 438 g/mol. The first-order valence-corrected chi connectivity index (χ1v) is 9.98. The Hall–Kier alpha value is -3.51. The Morgan fingerprint density at radius 2 is 1.77 bits per heavy atom. The zero-order chi connectivity index (χ0) is 22.1. The molecule has 0 aliphatic rings. The lowest BCUT2D eigenvalue weighted by atomic mass is 10.2. The minimum absolute atomic E-state index is 0.122. The molecule has 0 bridgehead atoms. The molecule has 3 rings (SSSR count). The van der Waals surface area contributed by atoms with Crippen LogP contribution < -0.4 is 19.6 Å². The van der Waals surface area contributed by atoms with Crippen LogP contribution in [0.4, 0.5) is 0 Å². The number of amides is 1. The molecule has 0 unspecified atom stereocenters. The summed E-state index contributed by atoms with van der Waals surface area (Å²) in [6, 6.07) is 20.3. The lowest BCUT2D eigenvalue weighted by molar-refractivity contribution is -0.123. The summed E-state index contributed by atoms with van der Waals surface area (Å²) in [6.07, 6.45) is 1.52. The van der Waals surface area contributed by atoms with Gasteiger partial charge in [0.1, 0.15) is 12.4 Å². The Kier molecular flexibility index (Phi) is 7.90. The molecule has 0 saturated carbocycles. The fourth-order valence-electron chi connectivity index (χ4n) is 2.70. The predicted molar refractivity (Wildman–Crippen MR) is 121 cm³/mol. The number of carbonyl (C=O) groups excluding carboxylic acids is 1. The number of hydrazone groups is 1. The van der Waals surface area contributed by atoms with Gasteiger partial charge in [-0.2, -0.15) is 5.10 Å². The van der Waals surface area contributed by atoms with Crippen LogP contribution in [0.25, 0.3) is 0 Å². The van der Waals surface area contributed by atoms with Gasteiger partial charge in [-0.25, -0.2) is 5.43 Å². The minimum Gasteiger partial charge on any atom is -0.493 e. The highest BCUT2D eigenvalue weighted by Crippen LogP contribution is 2.28. The lowest BCUT2D eigenvalue weighted by Gasteiger charge is -2.11. The van der Waals surface area contributed by atoms with E-state index in [9.17, 15) is 4.79 Å². The summed E-state index contributed by atoms with van der Waals surface area (Å²) < 4.78 is 16.7. The van der Waals surface area contributed by atoms with E-state index >= 15 is 0 Å². The molecule has 7 heteroatoms. The second kappa shape index (κ2) is 11.0. The average Bonchev–Trinajstić information content (AvgIpc) is 2.78. The summed E-state index contributed by atoms with van der Waals surface area (Å²) in [5.74, 6) is 1.48. The number of hydrogen-bond acceptors (Lipinski definition) is 5. The number of para-hydroxylation sites is 1. The smallest absolute Gasteiger partial charge is 0.277 e. The highest BCUT2D eigenvalue weighted by Gasteiger charge is 2.07. The van der Waals surface area contributed by atoms with E-state index in [1.54, 1.807) is 19.2 Å². The third kappa shape index (κ3) is 6.76. The van der Waals surface area contributed by atoms with Crippen molar-refractivity contribution in [1.82, 2.24) is 5.43 Å². The first-order chi connectivity index (χ1) is 15.0. The molecule has 3 aromatic rings. The van der Waals surface area contributed by atoms with Crippen LogP contribution in [0.2, 0.25) is 5.02 Å². The second-order valence-electron chi connectivity index (χ2n) is 6.67. The fourth-order valence-corrected chi connectivity index (χ4v) is 2.82. The van der Waals surface area contributed by atoms with Crippen LogP contribution >= 0.6 is 11.6 Å². The molecular formula is C24H23ClN2O4. The molecule has 160 valence electrons. The summed E-state index contributed by atoms with van der Waals surface area (Å²) in [5, 5.41) is 4.65. The van der Waals surface area contributed by atoms with Gasteiger partial charge in [-0.1, -0.05) is 41.9 Å². The maximum Gasteiger partial charge on any atom is 0.277 e. The largest absolute Gasteiger partial charge is 0.493 e. The van der Waals surface area contributed by atoms with E-state index in [-0.39, 0.29) is 12.5 Å². The quantitative estimate of drug-likeness (QED) is 0.386. The van der Waals surface area contributed by atoms with Crippen molar-refractivity contribution >= 4 is 23.7 Å². The molecule has 0 atom stereocenters. The van der Waals surface area contributed by atoms with Crippen molar-refractivity contribution in [1.29, 1.82) is 0 Å². The number of nitrogens with one attached hydrogen (secondary N) is 1.